The Morgan fingerprint density at radius 3 is 3.18 bits per heavy atom. The summed E-state index contributed by atoms with van der Waals surface area (Å²) in [5.74, 6) is 0. The predicted molar refractivity (Wildman–Crippen MR) is 45.5 cm³/mol. The molecule has 0 bridgehead atoms. The largest absolute Gasteiger partial charge is 0.361 e. The fraction of sp³-hybridized carbons (Fsp3) is 0.571. The number of thioether (sulfide) groups is 1. The normalized spacial score (nSPS) is 30.1. The van der Waals surface area contributed by atoms with Crippen molar-refractivity contribution in [1.82, 2.24) is 5.32 Å². The fourth-order valence-electron chi connectivity index (χ4n) is 0.989. The van der Waals surface area contributed by atoms with E-state index >= 15 is 0 Å². The molecule has 0 radical (unpaired) electrons. The summed E-state index contributed by atoms with van der Waals surface area (Å²) in [5.41, 5.74) is 0. The van der Waals surface area contributed by atoms with Gasteiger partial charge < -0.3 is 10.1 Å². The average molecular weight is 173 g/mol. The van der Waals surface area contributed by atoms with E-state index in [1.807, 2.05) is 0 Å². The summed E-state index contributed by atoms with van der Waals surface area (Å²) in [6.07, 6.45) is 2.44. The molecule has 2 atom stereocenters. The van der Waals surface area contributed by atoms with Gasteiger partial charge in [0.25, 0.3) is 5.24 Å². The zero-order chi connectivity index (χ0) is 8.27. The first-order valence-electron chi connectivity index (χ1n) is 3.38. The van der Waals surface area contributed by atoms with E-state index in [0.29, 0.717) is 0 Å². The van der Waals surface area contributed by atoms with Crippen molar-refractivity contribution in [2.24, 2.45) is 0 Å². The monoisotopic (exact) mass is 173 g/mol. The first kappa shape index (κ1) is 8.62. The number of amides is 1. The molecule has 1 fully saturated rings. The van der Waals surface area contributed by atoms with Gasteiger partial charge in [-0.3, -0.25) is 4.79 Å². The minimum absolute atomic E-state index is 0.0105. The molecule has 0 aromatic carbocycles. The maximum atomic E-state index is 10.8. The van der Waals surface area contributed by atoms with Gasteiger partial charge in [0.2, 0.25) is 0 Å². The Kier molecular flexibility index (Phi) is 2.96. The molecule has 1 aliphatic rings. The van der Waals surface area contributed by atoms with E-state index < -0.39 is 0 Å². The van der Waals surface area contributed by atoms with Crippen molar-refractivity contribution in [3.05, 3.63) is 12.7 Å². The summed E-state index contributed by atoms with van der Waals surface area (Å²) in [4.78, 5) is 10.8. The molecule has 1 rings (SSSR count). The van der Waals surface area contributed by atoms with Crippen molar-refractivity contribution < 1.29 is 9.53 Å². The van der Waals surface area contributed by atoms with Gasteiger partial charge in [0, 0.05) is 7.11 Å². The van der Waals surface area contributed by atoms with Crippen LogP contribution in [0.5, 0.6) is 0 Å². The molecule has 1 N–H and O–H groups in total. The molecule has 0 saturated carbocycles. The second-order valence-corrected chi connectivity index (χ2v) is 3.48. The summed E-state index contributed by atoms with van der Waals surface area (Å²) in [7, 11) is 1.59. The van der Waals surface area contributed by atoms with E-state index in [1.165, 1.54) is 11.8 Å². The van der Waals surface area contributed by atoms with Crippen molar-refractivity contribution in [3.63, 3.8) is 0 Å². The lowest BCUT2D eigenvalue weighted by molar-refractivity contribution is 0.0886. The van der Waals surface area contributed by atoms with Crippen LogP contribution in [0, 0.1) is 0 Å². The number of ether oxygens (including phenoxy) is 1. The van der Waals surface area contributed by atoms with Crippen LogP contribution < -0.4 is 5.32 Å². The van der Waals surface area contributed by atoms with Crippen molar-refractivity contribution in [2.45, 2.75) is 17.9 Å². The Balaban J connectivity index is 2.49. The third-order valence-corrected chi connectivity index (χ3v) is 2.58. The summed E-state index contributed by atoms with van der Waals surface area (Å²) in [6, 6.07) is 0. The fourth-order valence-corrected chi connectivity index (χ4v) is 1.98. The van der Waals surface area contributed by atoms with E-state index in [2.05, 4.69) is 11.9 Å². The van der Waals surface area contributed by atoms with Gasteiger partial charge >= 0.3 is 0 Å². The molecule has 0 aromatic rings. The topological polar surface area (TPSA) is 38.3 Å². The first-order chi connectivity index (χ1) is 5.27. The Hall–Kier alpha value is -0.480. The molecule has 0 aromatic heterocycles. The lowest BCUT2D eigenvalue weighted by Crippen LogP contribution is -2.32. The third-order valence-electron chi connectivity index (χ3n) is 1.51. The van der Waals surface area contributed by atoms with Gasteiger partial charge in [-0.25, -0.2) is 0 Å². The van der Waals surface area contributed by atoms with Gasteiger partial charge in [-0.1, -0.05) is 17.8 Å². The predicted octanol–water partition coefficient (Wildman–Crippen LogP) is 1.36. The van der Waals surface area contributed by atoms with E-state index in [1.54, 1.807) is 13.2 Å². The second kappa shape index (κ2) is 3.78. The standard InChI is InChI=1S/C7H11NO2S/c1-3-4-5-6(10-2)8-7(9)11-5/h3,5-6H,1,4H2,2H3,(H,8,9)/t5-,6-/m1/s1. The number of methoxy groups -OCH3 is 1. The summed E-state index contributed by atoms with van der Waals surface area (Å²) in [6.45, 7) is 3.61. The van der Waals surface area contributed by atoms with Gasteiger partial charge in [0.1, 0.15) is 6.23 Å². The highest BCUT2D eigenvalue weighted by Gasteiger charge is 2.31. The van der Waals surface area contributed by atoms with Gasteiger partial charge in [0.05, 0.1) is 5.25 Å². The van der Waals surface area contributed by atoms with Crippen LogP contribution in [0.1, 0.15) is 6.42 Å². The number of hydrogen-bond donors (Lipinski definition) is 1. The Morgan fingerprint density at radius 2 is 2.64 bits per heavy atom. The van der Waals surface area contributed by atoms with Crippen LogP contribution in [0.3, 0.4) is 0 Å². The van der Waals surface area contributed by atoms with E-state index in [9.17, 15) is 4.79 Å². The van der Waals surface area contributed by atoms with Crippen molar-refractivity contribution >= 4 is 17.0 Å². The van der Waals surface area contributed by atoms with Crippen LogP contribution in [0.2, 0.25) is 0 Å². The number of carbonyl (C=O) groups excluding carboxylic acids is 1. The SMILES string of the molecule is C=CC[C@H]1SC(=O)N[C@@H]1OC. The van der Waals surface area contributed by atoms with Crippen molar-refractivity contribution in [1.29, 1.82) is 0 Å². The highest BCUT2D eigenvalue weighted by Crippen LogP contribution is 2.26. The van der Waals surface area contributed by atoms with Crippen LogP contribution >= 0.6 is 11.8 Å². The molecule has 1 aliphatic heterocycles. The molecular weight excluding hydrogens is 162 g/mol. The molecule has 4 heteroatoms. The Bertz CT molecular complexity index is 172. The molecule has 1 amide bonds. The van der Waals surface area contributed by atoms with E-state index in [-0.39, 0.29) is 16.7 Å². The van der Waals surface area contributed by atoms with Crippen molar-refractivity contribution in [2.75, 3.05) is 7.11 Å². The highest BCUT2D eigenvalue weighted by atomic mass is 32.2. The number of allylic oxidation sites excluding steroid dienone is 1. The van der Waals surface area contributed by atoms with Crippen molar-refractivity contribution in [3.8, 4) is 0 Å². The van der Waals surface area contributed by atoms with Gasteiger partial charge in [-0.2, -0.15) is 0 Å². The Morgan fingerprint density at radius 1 is 1.91 bits per heavy atom. The quantitative estimate of drug-likeness (QED) is 0.655. The zero-order valence-corrected chi connectivity index (χ0v) is 7.19. The first-order valence-corrected chi connectivity index (χ1v) is 4.26. The smallest absolute Gasteiger partial charge is 0.281 e. The maximum Gasteiger partial charge on any atom is 0.281 e. The highest BCUT2D eigenvalue weighted by molar-refractivity contribution is 8.14. The lowest BCUT2D eigenvalue weighted by atomic mass is 10.3. The Labute approximate surface area is 70.2 Å². The number of carbonyl (C=O) groups is 1. The molecular formula is C7H11NO2S. The summed E-state index contributed by atoms with van der Waals surface area (Å²) < 4.78 is 5.05. The molecule has 0 spiro atoms. The third kappa shape index (κ3) is 1.97. The van der Waals surface area contributed by atoms with Crippen LogP contribution in [0.25, 0.3) is 0 Å². The van der Waals surface area contributed by atoms with Gasteiger partial charge in [0.15, 0.2) is 0 Å². The number of nitrogens with one attached hydrogen (secondary N) is 1. The van der Waals surface area contributed by atoms with Crippen LogP contribution in [0.15, 0.2) is 12.7 Å². The maximum absolute atomic E-state index is 10.8. The molecule has 3 nitrogen and oxygen atoms in total. The second-order valence-electron chi connectivity index (χ2n) is 2.27. The average Bonchev–Trinajstić information content (AvgIpc) is 2.32. The van der Waals surface area contributed by atoms with Crippen LogP contribution in [0.4, 0.5) is 4.79 Å². The molecule has 0 unspecified atom stereocenters. The van der Waals surface area contributed by atoms with Gasteiger partial charge in [-0.05, 0) is 6.42 Å². The minimum atomic E-state index is -0.148. The molecule has 0 aliphatic carbocycles. The molecule has 62 valence electrons. The van der Waals surface area contributed by atoms with Gasteiger partial charge in [-0.15, -0.1) is 6.58 Å². The van der Waals surface area contributed by atoms with Crippen LogP contribution in [-0.4, -0.2) is 23.8 Å². The van der Waals surface area contributed by atoms with Crippen LogP contribution in [-0.2, 0) is 4.74 Å². The zero-order valence-electron chi connectivity index (χ0n) is 6.37. The van der Waals surface area contributed by atoms with E-state index in [4.69, 9.17) is 4.74 Å². The summed E-state index contributed by atoms with van der Waals surface area (Å²) >= 11 is 1.28. The molecule has 1 heterocycles. The number of hydrogen-bond acceptors (Lipinski definition) is 3. The number of rotatable bonds is 3. The minimum Gasteiger partial charge on any atom is -0.361 e. The lowest BCUT2D eigenvalue weighted by Gasteiger charge is -2.13. The summed E-state index contributed by atoms with van der Waals surface area (Å²) in [5, 5.41) is 2.87. The molecule has 11 heavy (non-hydrogen) atoms. The van der Waals surface area contributed by atoms with E-state index in [0.717, 1.165) is 6.42 Å². The molecule has 1 saturated heterocycles.